The van der Waals surface area contributed by atoms with Crippen LogP contribution < -0.4 is 10.6 Å². The van der Waals surface area contributed by atoms with Crippen LogP contribution in [-0.4, -0.2) is 62.9 Å². The Morgan fingerprint density at radius 2 is 2.04 bits per heavy atom. The SMILES string of the molecule is COCc1c(C(=O)NCC(N2CCNCC2)C(F)(F)F)oc2ccccc12. The molecule has 2 heterocycles. The lowest BCUT2D eigenvalue weighted by Gasteiger charge is -2.35. The molecule has 1 atom stereocenters. The van der Waals surface area contributed by atoms with E-state index in [-0.39, 0.29) is 25.5 Å². The summed E-state index contributed by atoms with van der Waals surface area (Å²) in [6.07, 6.45) is -4.44. The maximum Gasteiger partial charge on any atom is 0.405 e. The summed E-state index contributed by atoms with van der Waals surface area (Å²) >= 11 is 0. The van der Waals surface area contributed by atoms with Crippen molar-refractivity contribution in [3.05, 3.63) is 35.6 Å². The zero-order chi connectivity index (χ0) is 19.4. The van der Waals surface area contributed by atoms with Crippen LogP contribution in [0.4, 0.5) is 13.2 Å². The van der Waals surface area contributed by atoms with Crippen molar-refractivity contribution in [1.82, 2.24) is 15.5 Å². The Morgan fingerprint density at radius 1 is 1.33 bits per heavy atom. The van der Waals surface area contributed by atoms with Crippen molar-refractivity contribution in [2.75, 3.05) is 39.8 Å². The molecular formula is C18H22F3N3O3. The van der Waals surface area contributed by atoms with E-state index in [1.54, 1.807) is 24.3 Å². The van der Waals surface area contributed by atoms with Gasteiger partial charge in [-0.2, -0.15) is 13.2 Å². The minimum Gasteiger partial charge on any atom is -0.451 e. The number of halogens is 3. The number of fused-ring (bicyclic) bond motifs is 1. The van der Waals surface area contributed by atoms with Gasteiger partial charge in [0, 0.05) is 50.8 Å². The first-order valence-electron chi connectivity index (χ1n) is 8.71. The largest absolute Gasteiger partial charge is 0.451 e. The number of carbonyl (C=O) groups is 1. The maximum absolute atomic E-state index is 13.5. The molecule has 1 amide bonds. The third-order valence-electron chi connectivity index (χ3n) is 4.62. The normalized spacial score (nSPS) is 17.2. The molecule has 148 valence electrons. The van der Waals surface area contributed by atoms with Gasteiger partial charge in [-0.3, -0.25) is 9.69 Å². The van der Waals surface area contributed by atoms with Crippen molar-refractivity contribution in [2.24, 2.45) is 0 Å². The summed E-state index contributed by atoms with van der Waals surface area (Å²) in [5.41, 5.74) is 1.01. The van der Waals surface area contributed by atoms with E-state index >= 15 is 0 Å². The summed E-state index contributed by atoms with van der Waals surface area (Å²) in [5.74, 6) is -0.693. The summed E-state index contributed by atoms with van der Waals surface area (Å²) in [6.45, 7) is 1.12. The molecule has 27 heavy (non-hydrogen) atoms. The first-order valence-corrected chi connectivity index (χ1v) is 8.71. The van der Waals surface area contributed by atoms with Gasteiger partial charge in [0.25, 0.3) is 5.91 Å². The Labute approximate surface area is 154 Å². The molecule has 1 aliphatic heterocycles. The van der Waals surface area contributed by atoms with Gasteiger partial charge in [0.2, 0.25) is 0 Å². The number of carbonyl (C=O) groups excluding carboxylic acids is 1. The molecule has 0 saturated carbocycles. The molecule has 3 rings (SSSR count). The standard InChI is InChI=1S/C18H22F3N3O3/c1-26-11-13-12-4-2-3-5-14(12)27-16(13)17(25)23-10-15(18(19,20)21)24-8-6-22-7-9-24/h2-5,15,22H,6-11H2,1H3,(H,23,25). The van der Waals surface area contributed by atoms with Crippen LogP contribution >= 0.6 is 0 Å². The average molecular weight is 385 g/mol. The van der Waals surface area contributed by atoms with Gasteiger partial charge in [-0.15, -0.1) is 0 Å². The third-order valence-corrected chi connectivity index (χ3v) is 4.62. The highest BCUT2D eigenvalue weighted by atomic mass is 19.4. The van der Waals surface area contributed by atoms with Crippen molar-refractivity contribution in [2.45, 2.75) is 18.8 Å². The van der Waals surface area contributed by atoms with Gasteiger partial charge in [-0.25, -0.2) is 0 Å². The number of hydrogen-bond donors (Lipinski definition) is 2. The minimum absolute atomic E-state index is 0.0146. The number of rotatable bonds is 6. The Bertz CT molecular complexity index is 785. The number of benzene rings is 1. The highest BCUT2D eigenvalue weighted by Crippen LogP contribution is 2.27. The van der Waals surface area contributed by atoms with E-state index in [0.29, 0.717) is 29.6 Å². The lowest BCUT2D eigenvalue weighted by atomic mass is 10.1. The molecule has 0 aliphatic carbocycles. The molecular weight excluding hydrogens is 363 g/mol. The van der Waals surface area contributed by atoms with Gasteiger partial charge >= 0.3 is 6.18 Å². The van der Waals surface area contributed by atoms with Crippen LogP contribution in [0.15, 0.2) is 28.7 Å². The second-order valence-electron chi connectivity index (χ2n) is 6.39. The molecule has 0 spiro atoms. The topological polar surface area (TPSA) is 66.7 Å². The highest BCUT2D eigenvalue weighted by molar-refractivity contribution is 5.99. The molecule has 2 aromatic rings. The number of para-hydroxylation sites is 1. The van der Waals surface area contributed by atoms with E-state index < -0.39 is 24.7 Å². The Hall–Kier alpha value is -2.10. The number of methoxy groups -OCH3 is 1. The van der Waals surface area contributed by atoms with Crippen molar-refractivity contribution in [1.29, 1.82) is 0 Å². The molecule has 1 aliphatic rings. The molecule has 2 N–H and O–H groups in total. The van der Waals surface area contributed by atoms with E-state index in [2.05, 4.69) is 10.6 Å². The summed E-state index contributed by atoms with van der Waals surface area (Å²) in [6, 6.07) is 5.30. The van der Waals surface area contributed by atoms with Crippen LogP contribution in [0.3, 0.4) is 0 Å². The van der Waals surface area contributed by atoms with E-state index in [1.165, 1.54) is 12.0 Å². The molecule has 9 heteroatoms. The van der Waals surface area contributed by atoms with Crippen molar-refractivity contribution < 1.29 is 27.1 Å². The summed E-state index contributed by atoms with van der Waals surface area (Å²) < 4.78 is 51.1. The highest BCUT2D eigenvalue weighted by Gasteiger charge is 2.44. The number of ether oxygens (including phenoxy) is 1. The zero-order valence-corrected chi connectivity index (χ0v) is 14.9. The van der Waals surface area contributed by atoms with Crippen molar-refractivity contribution in [3.8, 4) is 0 Å². The van der Waals surface area contributed by atoms with Crippen molar-refractivity contribution >= 4 is 16.9 Å². The quantitative estimate of drug-likeness (QED) is 0.798. The van der Waals surface area contributed by atoms with Crippen LogP contribution in [0.25, 0.3) is 11.0 Å². The molecule has 1 aromatic carbocycles. The molecule has 1 saturated heterocycles. The van der Waals surface area contributed by atoms with Crippen LogP contribution in [0.1, 0.15) is 16.1 Å². The number of amides is 1. The fourth-order valence-electron chi connectivity index (χ4n) is 3.29. The summed E-state index contributed by atoms with van der Waals surface area (Å²) in [7, 11) is 1.48. The van der Waals surface area contributed by atoms with Crippen molar-refractivity contribution in [3.63, 3.8) is 0 Å². The van der Waals surface area contributed by atoms with E-state index in [1.807, 2.05) is 0 Å². The average Bonchev–Trinajstić information content (AvgIpc) is 3.01. The number of alkyl halides is 3. The lowest BCUT2D eigenvalue weighted by Crippen LogP contribution is -2.57. The second-order valence-corrected chi connectivity index (χ2v) is 6.39. The van der Waals surface area contributed by atoms with Gasteiger partial charge in [0.05, 0.1) is 6.61 Å². The molecule has 1 fully saturated rings. The molecule has 0 bridgehead atoms. The molecule has 1 aromatic heterocycles. The summed E-state index contributed by atoms with van der Waals surface area (Å²) in [4.78, 5) is 13.9. The predicted octanol–water partition coefficient (Wildman–Crippen LogP) is 2.15. The fourth-order valence-corrected chi connectivity index (χ4v) is 3.29. The van der Waals surface area contributed by atoms with Crippen LogP contribution in [0.5, 0.6) is 0 Å². The molecule has 6 nitrogen and oxygen atoms in total. The predicted molar refractivity (Wildman–Crippen MR) is 93.5 cm³/mol. The minimum atomic E-state index is -4.44. The van der Waals surface area contributed by atoms with Gasteiger partial charge in [0.1, 0.15) is 11.6 Å². The fraction of sp³-hybridized carbons (Fsp3) is 0.500. The molecule has 0 radical (unpaired) electrons. The number of nitrogens with one attached hydrogen (secondary N) is 2. The van der Waals surface area contributed by atoms with E-state index in [0.717, 1.165) is 0 Å². The maximum atomic E-state index is 13.5. The van der Waals surface area contributed by atoms with Gasteiger partial charge in [-0.1, -0.05) is 18.2 Å². The Morgan fingerprint density at radius 3 is 2.70 bits per heavy atom. The Kier molecular flexibility index (Phi) is 6.03. The monoisotopic (exact) mass is 385 g/mol. The lowest BCUT2D eigenvalue weighted by molar-refractivity contribution is -0.183. The van der Waals surface area contributed by atoms with Crippen LogP contribution in [0, 0.1) is 0 Å². The number of hydrogen-bond acceptors (Lipinski definition) is 5. The first-order chi connectivity index (χ1) is 12.9. The summed E-state index contributed by atoms with van der Waals surface area (Å²) in [5, 5.41) is 6.12. The number of piperazine rings is 1. The van der Waals surface area contributed by atoms with E-state index in [9.17, 15) is 18.0 Å². The van der Waals surface area contributed by atoms with Gasteiger partial charge < -0.3 is 19.8 Å². The third kappa shape index (κ3) is 4.42. The van der Waals surface area contributed by atoms with E-state index in [4.69, 9.17) is 9.15 Å². The first kappa shape index (κ1) is 19.7. The smallest absolute Gasteiger partial charge is 0.405 e. The second kappa shape index (κ2) is 8.28. The van der Waals surface area contributed by atoms with Gasteiger partial charge in [-0.05, 0) is 6.07 Å². The Balaban J connectivity index is 1.77. The number of nitrogens with zero attached hydrogens (tertiary/aromatic N) is 1. The molecule has 1 unspecified atom stereocenters. The van der Waals surface area contributed by atoms with Crippen LogP contribution in [0.2, 0.25) is 0 Å². The zero-order valence-electron chi connectivity index (χ0n) is 14.9. The number of furan rings is 1. The van der Waals surface area contributed by atoms with Crippen LogP contribution in [-0.2, 0) is 11.3 Å². The van der Waals surface area contributed by atoms with Gasteiger partial charge in [0.15, 0.2) is 5.76 Å².